The maximum absolute atomic E-state index is 12.5. The van der Waals surface area contributed by atoms with Gasteiger partial charge in [-0.05, 0) is 74.8 Å². The average Bonchev–Trinajstić information content (AvgIpc) is 3.46. The zero-order chi connectivity index (χ0) is 43.4. The van der Waals surface area contributed by atoms with Crippen LogP contribution in [0.2, 0.25) is 0 Å². The van der Waals surface area contributed by atoms with Crippen LogP contribution in [0.15, 0.2) is 67.9 Å². The fourth-order valence-corrected chi connectivity index (χ4v) is 7.78. The molecule has 0 saturated carbocycles. The first-order chi connectivity index (χ1) is 28.5. The van der Waals surface area contributed by atoms with Gasteiger partial charge in [0.05, 0.1) is 62.7 Å². The van der Waals surface area contributed by atoms with E-state index in [1.54, 1.807) is 53.4 Å². The van der Waals surface area contributed by atoms with Crippen molar-refractivity contribution in [1.29, 1.82) is 0 Å². The number of hydrogen-bond acceptors (Lipinski definition) is 13. The van der Waals surface area contributed by atoms with Crippen molar-refractivity contribution in [2.24, 2.45) is 21.1 Å². The van der Waals surface area contributed by atoms with Gasteiger partial charge in [0.15, 0.2) is 0 Å². The summed E-state index contributed by atoms with van der Waals surface area (Å²) >= 11 is 3.40. The Morgan fingerprint density at radius 3 is 1.53 bits per heavy atom. The van der Waals surface area contributed by atoms with Crippen LogP contribution < -0.4 is 42.6 Å². The third kappa shape index (κ3) is 10.3. The maximum atomic E-state index is 12.5. The predicted octanol–water partition coefficient (Wildman–Crippen LogP) is 2.68. The molecule has 18 heteroatoms. The molecule has 0 unspecified atom stereocenters. The van der Waals surface area contributed by atoms with E-state index in [0.29, 0.717) is 56.7 Å². The fourth-order valence-electron chi connectivity index (χ4n) is 7.26. The van der Waals surface area contributed by atoms with Crippen LogP contribution in [0.25, 0.3) is 11.1 Å². The maximum Gasteiger partial charge on any atom is 0.496 e. The Morgan fingerprint density at radius 2 is 1.05 bits per heavy atom. The van der Waals surface area contributed by atoms with Crippen LogP contribution in [-0.2, 0) is 44.7 Å². The second-order valence-corrected chi connectivity index (χ2v) is 17.3. The van der Waals surface area contributed by atoms with E-state index in [1.165, 1.54) is 0 Å². The van der Waals surface area contributed by atoms with Gasteiger partial charge in [0.1, 0.15) is 17.1 Å². The Morgan fingerprint density at radius 1 is 0.633 bits per heavy atom. The summed E-state index contributed by atoms with van der Waals surface area (Å²) in [5.41, 5.74) is 11.5. The van der Waals surface area contributed by atoms with Crippen LogP contribution in [0.5, 0.6) is 0 Å². The van der Waals surface area contributed by atoms with Crippen molar-refractivity contribution in [3.8, 4) is 11.1 Å². The molecule has 0 amide bonds. The van der Waals surface area contributed by atoms with Crippen molar-refractivity contribution in [3.05, 3.63) is 90.3 Å². The Bertz CT molecular complexity index is 2300. The molecular weight excluding hydrogens is 835 g/mol. The topological polar surface area (TPSA) is 161 Å². The Labute approximate surface area is 360 Å². The normalized spacial score (nSPS) is 18.7. The Hall–Kier alpha value is -4.46. The molecule has 324 valence electrons. The molecule has 4 aliphatic rings. The lowest BCUT2D eigenvalue weighted by Gasteiger charge is -2.32. The van der Waals surface area contributed by atoms with E-state index in [9.17, 15) is 14.4 Å². The molecular formula is C42H58BBrN8O8. The van der Waals surface area contributed by atoms with E-state index in [-0.39, 0.29) is 16.7 Å². The number of aromatic nitrogens is 4. The molecule has 0 atom stereocenters. The molecule has 0 bridgehead atoms. The second-order valence-electron chi connectivity index (χ2n) is 16.4. The van der Waals surface area contributed by atoms with E-state index in [0.717, 1.165) is 71.7 Å². The standard InChI is InChI=1S/C16H25BN2O4.C16H20N4O2.C10H13BrN2O2/c1-15(2)16(3,4)23-17(22-15)12-10-13(14(20)18(5)11-12)19-6-8-21-9-7-19;1-11-14(8-13(17)9-18-11)12-7-15(16(21)19(2)10-12)20-3-5-22-6-4-20;1-12-7-8(11)6-9(10(12)14)13-2-4-15-5-3-13/h10-11H,6-9H2,1-5H3;7-10H,3-6,17H2,1-2H3;6-7H,2-5H2,1H3. The number of nitrogens with two attached hydrogens (primary N) is 1. The number of rotatable bonds is 5. The van der Waals surface area contributed by atoms with Gasteiger partial charge in [-0.15, -0.1) is 0 Å². The molecule has 0 aliphatic carbocycles. The van der Waals surface area contributed by atoms with Crippen molar-refractivity contribution in [2.75, 3.05) is 99.3 Å². The van der Waals surface area contributed by atoms with Gasteiger partial charge in [-0.3, -0.25) is 19.4 Å². The van der Waals surface area contributed by atoms with Gasteiger partial charge < -0.3 is 57.7 Å². The molecule has 0 spiro atoms. The van der Waals surface area contributed by atoms with Crippen molar-refractivity contribution < 1.29 is 23.5 Å². The number of halogens is 1. The Balaban J connectivity index is 0.000000154. The molecule has 4 aromatic heterocycles. The summed E-state index contributed by atoms with van der Waals surface area (Å²) in [4.78, 5) is 47.3. The fraction of sp³-hybridized carbons (Fsp3) is 0.524. The number of nitrogen functional groups attached to an aromatic ring is 1. The van der Waals surface area contributed by atoms with E-state index in [4.69, 9.17) is 29.3 Å². The first kappa shape index (κ1) is 45.1. The Kier molecular flexibility index (Phi) is 14.3. The van der Waals surface area contributed by atoms with Gasteiger partial charge in [-0.1, -0.05) is 0 Å². The number of nitrogens with zero attached hydrogens (tertiary/aromatic N) is 7. The van der Waals surface area contributed by atoms with Crippen LogP contribution in [0.1, 0.15) is 33.4 Å². The van der Waals surface area contributed by atoms with E-state index >= 15 is 0 Å². The summed E-state index contributed by atoms with van der Waals surface area (Å²) < 4.78 is 33.9. The van der Waals surface area contributed by atoms with Gasteiger partial charge in [-0.25, -0.2) is 0 Å². The quantitative estimate of drug-likeness (QED) is 0.292. The molecule has 4 saturated heterocycles. The number of pyridine rings is 4. The third-order valence-corrected chi connectivity index (χ3v) is 11.9. The van der Waals surface area contributed by atoms with Gasteiger partial charge >= 0.3 is 7.12 Å². The van der Waals surface area contributed by atoms with E-state index in [1.807, 2.05) is 65.1 Å². The lowest BCUT2D eigenvalue weighted by Crippen LogP contribution is -2.43. The van der Waals surface area contributed by atoms with Crippen molar-refractivity contribution >= 4 is 51.3 Å². The number of hydrogen-bond donors (Lipinski definition) is 1. The van der Waals surface area contributed by atoms with Gasteiger partial charge in [-0.2, -0.15) is 0 Å². The summed E-state index contributed by atoms with van der Waals surface area (Å²) in [5, 5.41) is 0. The summed E-state index contributed by atoms with van der Waals surface area (Å²) in [6.07, 6.45) is 7.04. The molecule has 4 fully saturated rings. The molecule has 8 heterocycles. The lowest BCUT2D eigenvalue weighted by atomic mass is 9.80. The van der Waals surface area contributed by atoms with Gasteiger partial charge in [0.25, 0.3) is 16.7 Å². The predicted molar refractivity (Wildman–Crippen MR) is 240 cm³/mol. The highest BCUT2D eigenvalue weighted by Crippen LogP contribution is 2.36. The number of anilines is 4. The second kappa shape index (κ2) is 19.1. The lowest BCUT2D eigenvalue weighted by molar-refractivity contribution is 0.00578. The largest absolute Gasteiger partial charge is 0.496 e. The first-order valence-corrected chi connectivity index (χ1v) is 21.1. The summed E-state index contributed by atoms with van der Waals surface area (Å²) in [6, 6.07) is 7.59. The minimum atomic E-state index is -0.466. The molecule has 60 heavy (non-hydrogen) atoms. The number of morpholine rings is 3. The molecule has 0 radical (unpaired) electrons. The van der Waals surface area contributed by atoms with E-state index < -0.39 is 18.3 Å². The smallest absolute Gasteiger partial charge is 0.399 e. The van der Waals surface area contributed by atoms with Gasteiger partial charge in [0, 0.05) is 106 Å². The average molecular weight is 894 g/mol. The SMILES string of the molecule is Cc1ncc(N)cc1-c1cc(N2CCOCC2)c(=O)n(C)c1.Cn1cc(B2OC(C)(C)C(C)(C)O2)cc(N2CCOCC2)c1=O.Cn1cc(Br)cc(N2CCOCC2)c1=O. The zero-order valence-corrected chi connectivity index (χ0v) is 37.6. The molecule has 8 rings (SSSR count). The molecule has 4 aromatic rings. The van der Waals surface area contributed by atoms with Crippen LogP contribution in [0, 0.1) is 6.92 Å². The monoisotopic (exact) mass is 892 g/mol. The van der Waals surface area contributed by atoms with Gasteiger partial charge in [0.2, 0.25) is 0 Å². The van der Waals surface area contributed by atoms with Crippen molar-refractivity contribution in [1.82, 2.24) is 18.7 Å². The minimum Gasteiger partial charge on any atom is -0.399 e. The van der Waals surface area contributed by atoms with Crippen LogP contribution in [0.3, 0.4) is 0 Å². The van der Waals surface area contributed by atoms with Crippen LogP contribution in [0.4, 0.5) is 22.7 Å². The third-order valence-electron chi connectivity index (χ3n) is 11.5. The first-order valence-electron chi connectivity index (χ1n) is 20.3. The molecule has 0 aromatic carbocycles. The summed E-state index contributed by atoms with van der Waals surface area (Å²) in [7, 11) is 4.83. The number of aryl methyl sites for hydroxylation is 4. The highest BCUT2D eigenvalue weighted by molar-refractivity contribution is 9.10. The van der Waals surface area contributed by atoms with Crippen LogP contribution >= 0.6 is 15.9 Å². The van der Waals surface area contributed by atoms with E-state index in [2.05, 4.69) is 35.6 Å². The highest BCUT2D eigenvalue weighted by Gasteiger charge is 2.52. The molecule has 2 N–H and O–H groups in total. The summed E-state index contributed by atoms with van der Waals surface area (Å²) in [5.74, 6) is 0. The van der Waals surface area contributed by atoms with Crippen LogP contribution in [-0.4, -0.2) is 116 Å². The highest BCUT2D eigenvalue weighted by atomic mass is 79.9. The summed E-state index contributed by atoms with van der Waals surface area (Å²) in [6.45, 7) is 18.5. The minimum absolute atomic E-state index is 0.000153. The molecule has 16 nitrogen and oxygen atoms in total. The van der Waals surface area contributed by atoms with Crippen molar-refractivity contribution in [3.63, 3.8) is 0 Å². The molecule has 4 aliphatic heterocycles. The number of ether oxygens (including phenoxy) is 3. The van der Waals surface area contributed by atoms with Crippen molar-refractivity contribution in [2.45, 2.75) is 45.8 Å². The zero-order valence-electron chi connectivity index (χ0n) is 36.0.